The van der Waals surface area contributed by atoms with E-state index in [2.05, 4.69) is 12.2 Å². The van der Waals surface area contributed by atoms with Crippen molar-refractivity contribution in [2.45, 2.75) is 76.6 Å². The van der Waals surface area contributed by atoms with E-state index >= 15 is 0 Å². The van der Waals surface area contributed by atoms with E-state index in [4.69, 9.17) is 0 Å². The molecule has 1 rings (SSSR count). The molecule has 0 amide bonds. The molecule has 0 spiro atoms. The Balaban J connectivity index is 2.17. The summed E-state index contributed by atoms with van der Waals surface area (Å²) < 4.78 is 36.1. The van der Waals surface area contributed by atoms with Crippen molar-refractivity contribution in [3.05, 3.63) is 0 Å². The van der Waals surface area contributed by atoms with Crippen LogP contribution in [0.1, 0.15) is 58.8 Å². The molecule has 0 saturated heterocycles. The summed E-state index contributed by atoms with van der Waals surface area (Å²) in [6, 6.07) is 0.0192. The standard InChI is InChI=1S/C14H26F3NO/c1-11-5-8-13(19,9-6-11)10-18-12(2)4-3-7-14(15,16)17/h11-12,18-19H,3-10H2,1-2H3. The predicted molar refractivity (Wildman–Crippen MR) is 70.0 cm³/mol. The molecule has 1 aliphatic rings. The van der Waals surface area contributed by atoms with E-state index in [-0.39, 0.29) is 12.5 Å². The van der Waals surface area contributed by atoms with Crippen LogP contribution in [0, 0.1) is 5.92 Å². The summed E-state index contributed by atoms with van der Waals surface area (Å²) in [7, 11) is 0. The van der Waals surface area contributed by atoms with Gasteiger partial charge < -0.3 is 10.4 Å². The summed E-state index contributed by atoms with van der Waals surface area (Å²) in [6.45, 7) is 4.56. The highest BCUT2D eigenvalue weighted by Gasteiger charge is 2.32. The second kappa shape index (κ2) is 6.93. The number of alkyl halides is 3. The molecule has 0 aliphatic heterocycles. The number of halogens is 3. The van der Waals surface area contributed by atoms with Crippen molar-refractivity contribution < 1.29 is 18.3 Å². The van der Waals surface area contributed by atoms with Crippen molar-refractivity contribution in [1.82, 2.24) is 5.32 Å². The van der Waals surface area contributed by atoms with Gasteiger partial charge in [0.05, 0.1) is 5.60 Å². The smallest absolute Gasteiger partial charge is 0.389 e. The van der Waals surface area contributed by atoms with Crippen molar-refractivity contribution >= 4 is 0 Å². The molecule has 1 atom stereocenters. The average molecular weight is 281 g/mol. The molecule has 1 fully saturated rings. The van der Waals surface area contributed by atoms with Gasteiger partial charge in [-0.25, -0.2) is 0 Å². The van der Waals surface area contributed by atoms with Gasteiger partial charge in [-0.1, -0.05) is 6.92 Å². The van der Waals surface area contributed by atoms with Crippen molar-refractivity contribution in [2.75, 3.05) is 6.54 Å². The van der Waals surface area contributed by atoms with E-state index in [9.17, 15) is 18.3 Å². The maximum absolute atomic E-state index is 12.0. The number of hydrogen-bond donors (Lipinski definition) is 2. The van der Waals surface area contributed by atoms with Gasteiger partial charge in [-0.2, -0.15) is 13.2 Å². The molecule has 0 radical (unpaired) electrons. The number of aliphatic hydroxyl groups is 1. The summed E-state index contributed by atoms with van der Waals surface area (Å²) in [5.74, 6) is 0.671. The van der Waals surface area contributed by atoms with E-state index in [0.717, 1.165) is 25.7 Å². The third kappa shape index (κ3) is 7.16. The van der Waals surface area contributed by atoms with Crippen LogP contribution in [0.2, 0.25) is 0 Å². The first-order valence-electron chi connectivity index (χ1n) is 7.23. The van der Waals surface area contributed by atoms with Crippen LogP contribution in [-0.2, 0) is 0 Å². The fourth-order valence-corrected chi connectivity index (χ4v) is 2.55. The van der Waals surface area contributed by atoms with Gasteiger partial charge in [-0.3, -0.25) is 0 Å². The van der Waals surface area contributed by atoms with Gasteiger partial charge in [-0.15, -0.1) is 0 Å². The Morgan fingerprint density at radius 2 is 1.89 bits per heavy atom. The summed E-state index contributed by atoms with van der Waals surface area (Å²) in [4.78, 5) is 0. The Bertz CT molecular complexity index is 260. The molecule has 0 aromatic rings. The maximum Gasteiger partial charge on any atom is 0.389 e. The Hall–Kier alpha value is -0.290. The molecule has 1 saturated carbocycles. The molecule has 0 heterocycles. The quantitative estimate of drug-likeness (QED) is 0.779. The Kier molecular flexibility index (Phi) is 6.12. The molecule has 0 bridgehead atoms. The molecule has 1 unspecified atom stereocenters. The minimum absolute atomic E-state index is 0.0192. The SMILES string of the molecule is CC1CCC(O)(CNC(C)CCCC(F)(F)F)CC1. The second-order valence-corrected chi connectivity index (χ2v) is 6.20. The molecule has 0 aromatic heterocycles. The van der Waals surface area contributed by atoms with E-state index < -0.39 is 18.2 Å². The lowest BCUT2D eigenvalue weighted by Crippen LogP contribution is -2.45. The Morgan fingerprint density at radius 3 is 2.42 bits per heavy atom. The Morgan fingerprint density at radius 1 is 1.32 bits per heavy atom. The maximum atomic E-state index is 12.0. The Labute approximate surface area is 113 Å². The monoisotopic (exact) mass is 281 g/mol. The zero-order chi connectivity index (χ0) is 14.5. The summed E-state index contributed by atoms with van der Waals surface area (Å²) >= 11 is 0. The molecule has 0 aromatic carbocycles. The summed E-state index contributed by atoms with van der Waals surface area (Å²) in [5, 5.41) is 13.5. The van der Waals surface area contributed by atoms with Crippen LogP contribution >= 0.6 is 0 Å². The van der Waals surface area contributed by atoms with Crippen LogP contribution in [0.5, 0.6) is 0 Å². The number of nitrogens with one attached hydrogen (secondary N) is 1. The molecule has 1 aliphatic carbocycles. The van der Waals surface area contributed by atoms with Gasteiger partial charge >= 0.3 is 6.18 Å². The lowest BCUT2D eigenvalue weighted by atomic mass is 9.79. The normalized spacial score (nSPS) is 30.3. The van der Waals surface area contributed by atoms with E-state index in [0.29, 0.717) is 18.9 Å². The molecular weight excluding hydrogens is 255 g/mol. The largest absolute Gasteiger partial charge is 0.389 e. The molecule has 19 heavy (non-hydrogen) atoms. The van der Waals surface area contributed by atoms with Crippen molar-refractivity contribution in [3.63, 3.8) is 0 Å². The van der Waals surface area contributed by atoms with Crippen LogP contribution < -0.4 is 5.32 Å². The van der Waals surface area contributed by atoms with Crippen LogP contribution in [0.4, 0.5) is 13.2 Å². The molecule has 2 N–H and O–H groups in total. The summed E-state index contributed by atoms with van der Waals surface area (Å²) in [5.41, 5.74) is -0.662. The molecule has 5 heteroatoms. The average Bonchev–Trinajstić information content (AvgIpc) is 2.29. The predicted octanol–water partition coefficient (Wildman–Crippen LogP) is 3.64. The lowest BCUT2D eigenvalue weighted by molar-refractivity contribution is -0.135. The first-order chi connectivity index (χ1) is 8.70. The first kappa shape index (κ1) is 16.8. The van der Waals surface area contributed by atoms with Gasteiger partial charge in [0, 0.05) is 19.0 Å². The highest BCUT2D eigenvalue weighted by Crippen LogP contribution is 2.31. The van der Waals surface area contributed by atoms with Crippen LogP contribution in [0.25, 0.3) is 0 Å². The third-order valence-electron chi connectivity index (χ3n) is 4.08. The van der Waals surface area contributed by atoms with Gasteiger partial charge in [0.1, 0.15) is 0 Å². The highest BCUT2D eigenvalue weighted by atomic mass is 19.4. The number of rotatable bonds is 6. The zero-order valence-corrected chi connectivity index (χ0v) is 11.9. The lowest BCUT2D eigenvalue weighted by Gasteiger charge is -2.36. The third-order valence-corrected chi connectivity index (χ3v) is 4.08. The highest BCUT2D eigenvalue weighted by molar-refractivity contribution is 4.87. The van der Waals surface area contributed by atoms with E-state index in [1.54, 1.807) is 0 Å². The van der Waals surface area contributed by atoms with Crippen LogP contribution in [-0.4, -0.2) is 29.5 Å². The van der Waals surface area contributed by atoms with Crippen molar-refractivity contribution in [1.29, 1.82) is 0 Å². The van der Waals surface area contributed by atoms with Crippen LogP contribution in [0.15, 0.2) is 0 Å². The fraction of sp³-hybridized carbons (Fsp3) is 1.00. The van der Waals surface area contributed by atoms with E-state index in [1.165, 1.54) is 0 Å². The van der Waals surface area contributed by atoms with Gasteiger partial charge in [0.2, 0.25) is 0 Å². The summed E-state index contributed by atoms with van der Waals surface area (Å²) in [6.07, 6.45) is -0.508. The molecule has 2 nitrogen and oxygen atoms in total. The van der Waals surface area contributed by atoms with Crippen molar-refractivity contribution in [2.24, 2.45) is 5.92 Å². The topological polar surface area (TPSA) is 32.3 Å². The molecule has 114 valence electrons. The minimum Gasteiger partial charge on any atom is -0.389 e. The van der Waals surface area contributed by atoms with Crippen molar-refractivity contribution in [3.8, 4) is 0 Å². The van der Waals surface area contributed by atoms with Gasteiger partial charge in [-0.05, 0) is 51.4 Å². The number of hydrogen-bond acceptors (Lipinski definition) is 2. The van der Waals surface area contributed by atoms with Crippen LogP contribution in [0.3, 0.4) is 0 Å². The first-order valence-corrected chi connectivity index (χ1v) is 7.23. The zero-order valence-electron chi connectivity index (χ0n) is 11.9. The molecular formula is C14H26F3NO. The van der Waals surface area contributed by atoms with Gasteiger partial charge in [0.15, 0.2) is 0 Å². The van der Waals surface area contributed by atoms with E-state index in [1.807, 2.05) is 6.92 Å². The van der Waals surface area contributed by atoms with Gasteiger partial charge in [0.25, 0.3) is 0 Å². The minimum atomic E-state index is -4.06. The second-order valence-electron chi connectivity index (χ2n) is 6.20. The fourth-order valence-electron chi connectivity index (χ4n) is 2.55.